The predicted octanol–water partition coefficient (Wildman–Crippen LogP) is 1.47. The third-order valence-electron chi connectivity index (χ3n) is 3.60. The summed E-state index contributed by atoms with van der Waals surface area (Å²) in [5.41, 5.74) is 0.600. The van der Waals surface area contributed by atoms with Crippen LogP contribution < -0.4 is 10.1 Å². The zero-order valence-electron chi connectivity index (χ0n) is 12.2. The Morgan fingerprint density at radius 2 is 2.29 bits per heavy atom. The molecule has 2 heterocycles. The first kappa shape index (κ1) is 13.9. The minimum Gasteiger partial charge on any atom is -0.481 e. The Morgan fingerprint density at radius 3 is 3.00 bits per heavy atom. The highest BCUT2D eigenvalue weighted by atomic mass is 16.5. The summed E-state index contributed by atoms with van der Waals surface area (Å²) in [7, 11) is 1.56. The normalized spacial score (nSPS) is 15.9. The highest BCUT2D eigenvalue weighted by molar-refractivity contribution is 5.49. The maximum absolute atomic E-state index is 5.34. The van der Waals surface area contributed by atoms with Gasteiger partial charge in [-0.2, -0.15) is 4.98 Å². The van der Waals surface area contributed by atoms with Crippen molar-refractivity contribution in [2.75, 3.05) is 13.7 Å². The molecule has 1 unspecified atom stereocenters. The quantitative estimate of drug-likeness (QED) is 0.825. The Morgan fingerprint density at radius 1 is 1.43 bits per heavy atom. The van der Waals surface area contributed by atoms with Gasteiger partial charge in [0, 0.05) is 18.5 Å². The molecule has 2 aromatic heterocycles. The van der Waals surface area contributed by atoms with Crippen LogP contribution >= 0.6 is 0 Å². The fraction of sp³-hybridized carbons (Fsp3) is 0.571. The van der Waals surface area contributed by atoms with Crippen molar-refractivity contribution >= 4 is 0 Å². The molecule has 7 heteroatoms. The Labute approximate surface area is 123 Å². The third kappa shape index (κ3) is 3.36. The second-order valence-corrected chi connectivity index (χ2v) is 5.16. The van der Waals surface area contributed by atoms with Crippen molar-refractivity contribution in [2.24, 2.45) is 5.92 Å². The summed E-state index contributed by atoms with van der Waals surface area (Å²) in [5.74, 6) is 2.33. The summed E-state index contributed by atoms with van der Waals surface area (Å²) >= 11 is 0. The lowest BCUT2D eigenvalue weighted by molar-refractivity contribution is 0.348. The first-order valence-corrected chi connectivity index (χ1v) is 7.22. The number of rotatable bonds is 7. The third-order valence-corrected chi connectivity index (χ3v) is 3.60. The smallest absolute Gasteiger partial charge is 0.228 e. The molecule has 0 bridgehead atoms. The summed E-state index contributed by atoms with van der Waals surface area (Å²) in [6.45, 7) is 3.06. The maximum Gasteiger partial charge on any atom is 0.228 e. The van der Waals surface area contributed by atoms with E-state index in [2.05, 4.69) is 32.3 Å². The van der Waals surface area contributed by atoms with Crippen LogP contribution in [0.15, 0.2) is 16.9 Å². The first-order chi connectivity index (χ1) is 10.3. The van der Waals surface area contributed by atoms with Crippen LogP contribution in [0, 0.1) is 5.92 Å². The lowest BCUT2D eigenvalue weighted by Gasteiger charge is -2.14. The van der Waals surface area contributed by atoms with E-state index in [0.717, 1.165) is 18.9 Å². The van der Waals surface area contributed by atoms with Gasteiger partial charge in [-0.05, 0) is 25.3 Å². The maximum atomic E-state index is 5.34. The lowest BCUT2D eigenvalue weighted by Crippen LogP contribution is -2.33. The SMILES string of the molecule is CCNC(Cc1nc(-c2cc(OC)ncn2)no1)C1CC1. The fourth-order valence-electron chi connectivity index (χ4n) is 2.37. The molecule has 7 nitrogen and oxygen atoms in total. The van der Waals surface area contributed by atoms with E-state index in [1.54, 1.807) is 13.2 Å². The molecule has 0 aliphatic heterocycles. The van der Waals surface area contributed by atoms with Gasteiger partial charge in [-0.1, -0.05) is 12.1 Å². The predicted molar refractivity (Wildman–Crippen MR) is 75.8 cm³/mol. The van der Waals surface area contributed by atoms with Crippen LogP contribution in [-0.4, -0.2) is 39.8 Å². The number of hydrogen-bond donors (Lipinski definition) is 1. The molecular weight excluding hydrogens is 270 g/mol. The monoisotopic (exact) mass is 289 g/mol. The summed E-state index contributed by atoms with van der Waals surface area (Å²) < 4.78 is 10.4. The van der Waals surface area contributed by atoms with Gasteiger partial charge >= 0.3 is 0 Å². The van der Waals surface area contributed by atoms with E-state index >= 15 is 0 Å². The molecule has 0 amide bonds. The van der Waals surface area contributed by atoms with E-state index in [4.69, 9.17) is 9.26 Å². The standard InChI is InChI=1S/C14H19N5O2/c1-3-15-10(9-4-5-9)6-13-18-14(19-21-13)11-7-12(20-2)17-8-16-11/h7-10,15H,3-6H2,1-2H3. The molecule has 1 aliphatic carbocycles. The van der Waals surface area contributed by atoms with Gasteiger partial charge in [0.25, 0.3) is 0 Å². The van der Waals surface area contributed by atoms with Crippen LogP contribution in [0.5, 0.6) is 5.88 Å². The lowest BCUT2D eigenvalue weighted by atomic mass is 10.1. The van der Waals surface area contributed by atoms with Gasteiger partial charge < -0.3 is 14.6 Å². The highest BCUT2D eigenvalue weighted by Crippen LogP contribution is 2.34. The average molecular weight is 289 g/mol. The minimum absolute atomic E-state index is 0.420. The van der Waals surface area contributed by atoms with Gasteiger partial charge in [0.05, 0.1) is 7.11 Å². The molecule has 1 fully saturated rings. The largest absolute Gasteiger partial charge is 0.481 e. The van der Waals surface area contributed by atoms with Gasteiger partial charge in [0.15, 0.2) is 0 Å². The van der Waals surface area contributed by atoms with Crippen molar-refractivity contribution in [1.29, 1.82) is 0 Å². The van der Waals surface area contributed by atoms with Crippen LogP contribution in [0.3, 0.4) is 0 Å². The highest BCUT2D eigenvalue weighted by Gasteiger charge is 2.32. The molecule has 1 saturated carbocycles. The molecule has 21 heavy (non-hydrogen) atoms. The molecular formula is C14H19N5O2. The van der Waals surface area contributed by atoms with Crippen molar-refractivity contribution in [1.82, 2.24) is 25.4 Å². The van der Waals surface area contributed by atoms with Gasteiger partial charge in [-0.25, -0.2) is 9.97 Å². The molecule has 0 aromatic carbocycles. The van der Waals surface area contributed by atoms with Crippen LogP contribution in [0.1, 0.15) is 25.7 Å². The molecule has 1 atom stereocenters. The Balaban J connectivity index is 1.73. The van der Waals surface area contributed by atoms with Crippen molar-refractivity contribution in [2.45, 2.75) is 32.2 Å². The van der Waals surface area contributed by atoms with Crippen LogP contribution in [0.4, 0.5) is 0 Å². The second-order valence-electron chi connectivity index (χ2n) is 5.16. The first-order valence-electron chi connectivity index (χ1n) is 7.22. The Kier molecular flexibility index (Phi) is 4.10. The van der Waals surface area contributed by atoms with E-state index in [9.17, 15) is 0 Å². The fourth-order valence-corrected chi connectivity index (χ4v) is 2.37. The molecule has 0 spiro atoms. The van der Waals surface area contributed by atoms with Gasteiger partial charge in [0.2, 0.25) is 17.6 Å². The van der Waals surface area contributed by atoms with Gasteiger partial charge in [-0.15, -0.1) is 0 Å². The number of ether oxygens (including phenoxy) is 1. The van der Waals surface area contributed by atoms with Crippen LogP contribution in [-0.2, 0) is 6.42 Å². The molecule has 2 aromatic rings. The Bertz CT molecular complexity index is 597. The van der Waals surface area contributed by atoms with Gasteiger partial charge in [0.1, 0.15) is 12.0 Å². The molecule has 0 saturated heterocycles. The molecule has 1 aliphatic rings. The van der Waals surface area contributed by atoms with E-state index in [0.29, 0.717) is 29.3 Å². The Hall–Kier alpha value is -2.02. The molecule has 0 radical (unpaired) electrons. The molecule has 3 rings (SSSR count). The van der Waals surface area contributed by atoms with Crippen molar-refractivity contribution in [3.8, 4) is 17.4 Å². The zero-order valence-corrected chi connectivity index (χ0v) is 12.2. The number of aromatic nitrogens is 4. The van der Waals surface area contributed by atoms with Gasteiger partial charge in [-0.3, -0.25) is 0 Å². The topological polar surface area (TPSA) is 86.0 Å². The van der Waals surface area contributed by atoms with Crippen LogP contribution in [0.25, 0.3) is 11.5 Å². The van der Waals surface area contributed by atoms with E-state index in [1.807, 2.05) is 0 Å². The average Bonchev–Trinajstić information content (AvgIpc) is 3.26. The van der Waals surface area contributed by atoms with Crippen molar-refractivity contribution < 1.29 is 9.26 Å². The molecule has 112 valence electrons. The number of nitrogens with one attached hydrogen (secondary N) is 1. The summed E-state index contributed by atoms with van der Waals surface area (Å²) in [6, 6.07) is 2.11. The number of likely N-dealkylation sites (N-methyl/N-ethyl adjacent to an activating group) is 1. The van der Waals surface area contributed by atoms with Crippen molar-refractivity contribution in [3.05, 3.63) is 18.3 Å². The van der Waals surface area contributed by atoms with Crippen LogP contribution in [0.2, 0.25) is 0 Å². The second kappa shape index (κ2) is 6.17. The van der Waals surface area contributed by atoms with E-state index < -0.39 is 0 Å². The summed E-state index contributed by atoms with van der Waals surface area (Å²) in [4.78, 5) is 12.5. The van der Waals surface area contributed by atoms with Crippen molar-refractivity contribution in [3.63, 3.8) is 0 Å². The number of nitrogens with zero attached hydrogens (tertiary/aromatic N) is 4. The number of hydrogen-bond acceptors (Lipinski definition) is 7. The summed E-state index contributed by atoms with van der Waals surface area (Å²) in [6.07, 6.45) is 4.74. The summed E-state index contributed by atoms with van der Waals surface area (Å²) in [5, 5.41) is 7.48. The molecule has 1 N–H and O–H groups in total. The zero-order chi connectivity index (χ0) is 14.7. The van der Waals surface area contributed by atoms with E-state index in [-0.39, 0.29) is 0 Å². The number of methoxy groups -OCH3 is 1. The van der Waals surface area contributed by atoms with E-state index in [1.165, 1.54) is 19.2 Å². The minimum atomic E-state index is 0.420.